The van der Waals surface area contributed by atoms with Crippen LogP contribution in [0.25, 0.3) is 23.0 Å². The summed E-state index contributed by atoms with van der Waals surface area (Å²) in [4.78, 5) is 49.1. The molecule has 1 unspecified atom stereocenters. The number of rotatable bonds is 9. The molecule has 3 heterocycles. The Balaban J connectivity index is 1.45. The van der Waals surface area contributed by atoms with Gasteiger partial charge in [-0.05, 0) is 58.7 Å². The fourth-order valence-corrected chi connectivity index (χ4v) is 4.86. The van der Waals surface area contributed by atoms with Gasteiger partial charge in [0.1, 0.15) is 17.3 Å². The van der Waals surface area contributed by atoms with Crippen LogP contribution in [0.5, 0.6) is 5.88 Å². The summed E-state index contributed by atoms with van der Waals surface area (Å²) in [5.41, 5.74) is 0.851. The Morgan fingerprint density at radius 3 is 2.67 bits per heavy atom. The van der Waals surface area contributed by atoms with E-state index in [1.165, 1.54) is 19.2 Å². The topological polar surface area (TPSA) is 211 Å². The molecule has 1 aromatic carbocycles. The average molecular weight is 655 g/mol. The smallest absolute Gasteiger partial charge is 0.408 e. The number of alkyl carbamates (subject to hydrolysis) is 1. The van der Waals surface area contributed by atoms with E-state index < -0.39 is 52.0 Å². The van der Waals surface area contributed by atoms with Crippen LogP contribution in [0.1, 0.15) is 46.2 Å². The number of nitrogens with one attached hydrogen (secondary N) is 3. The number of carbonyl (C=O) groups excluding carboxylic acids is 2. The van der Waals surface area contributed by atoms with E-state index >= 15 is 0 Å². The van der Waals surface area contributed by atoms with E-state index in [2.05, 4.69) is 20.1 Å². The van der Waals surface area contributed by atoms with Gasteiger partial charge in [-0.3, -0.25) is 9.71 Å². The van der Waals surface area contributed by atoms with Crippen molar-refractivity contribution in [2.75, 3.05) is 11.0 Å². The predicted molar refractivity (Wildman–Crippen MR) is 166 cm³/mol. The summed E-state index contributed by atoms with van der Waals surface area (Å²) in [6.45, 7) is 5.79. The van der Waals surface area contributed by atoms with Crippen molar-refractivity contribution < 1.29 is 32.6 Å². The number of imidazole rings is 1. The van der Waals surface area contributed by atoms with Gasteiger partial charge in [0.15, 0.2) is 17.9 Å². The second kappa shape index (κ2) is 12.3. The lowest BCUT2D eigenvalue weighted by Crippen LogP contribution is -2.42. The van der Waals surface area contributed by atoms with Crippen molar-refractivity contribution in [3.8, 4) is 17.1 Å². The summed E-state index contributed by atoms with van der Waals surface area (Å²) in [5.74, 6) is -1.37. The molecule has 0 bridgehead atoms. The zero-order valence-corrected chi connectivity index (χ0v) is 26.6. The summed E-state index contributed by atoms with van der Waals surface area (Å²) < 4.78 is 38.6. The summed E-state index contributed by atoms with van der Waals surface area (Å²) >= 11 is 0. The van der Waals surface area contributed by atoms with Crippen LogP contribution in [0.15, 0.2) is 46.3 Å². The average Bonchev–Trinajstić information content (AvgIpc) is 3.61. The van der Waals surface area contributed by atoms with Crippen LogP contribution in [0.2, 0.25) is 0 Å². The Kier molecular flexibility index (Phi) is 8.62. The normalized spacial score (nSPS) is 15.2. The Morgan fingerprint density at radius 1 is 1.26 bits per heavy atom. The van der Waals surface area contributed by atoms with Crippen LogP contribution in [-0.4, -0.2) is 73.7 Å². The zero-order valence-electron chi connectivity index (χ0n) is 25.8. The molecule has 17 heteroatoms. The molecular formula is C29H34N8O8S. The number of hydrogen-bond donors (Lipinski definition) is 4. The first-order valence-corrected chi connectivity index (χ1v) is 16.2. The number of anilines is 1. The lowest BCUT2D eigenvalue weighted by molar-refractivity contribution is -0.149. The molecule has 1 amide bonds. The summed E-state index contributed by atoms with van der Waals surface area (Å²) in [6.07, 6.45) is 5.09. The second-order valence-electron chi connectivity index (χ2n) is 11.9. The summed E-state index contributed by atoms with van der Waals surface area (Å²) in [6, 6.07) is 7.56. The highest BCUT2D eigenvalue weighted by Gasteiger charge is 2.23. The van der Waals surface area contributed by atoms with Gasteiger partial charge in [-0.2, -0.15) is 9.61 Å². The van der Waals surface area contributed by atoms with Crippen molar-refractivity contribution in [3.05, 3.63) is 63.4 Å². The van der Waals surface area contributed by atoms with Crippen molar-refractivity contribution >= 4 is 39.5 Å². The van der Waals surface area contributed by atoms with Gasteiger partial charge < -0.3 is 24.9 Å². The molecule has 0 saturated heterocycles. The standard InChI is InChI=1S/C29H34N8O8S/c1-16(31-28(41)45-29(2,3)4)26(39)44-15-36-25(38)22(34-27(36)40)12-18-14-30-37-23(32-19-9-10-19)13-21(33-24(18)37)17-7-6-8-20(11-17)35-46(5,42)43/h6-8,11-14,16,19,35,38H,9-10,15H2,1-5H3,(H,31,41)(H,34,40). The number of hydrogen-bond acceptors (Lipinski definition) is 11. The van der Waals surface area contributed by atoms with Crippen LogP contribution >= 0.6 is 0 Å². The molecule has 46 heavy (non-hydrogen) atoms. The van der Waals surface area contributed by atoms with Gasteiger partial charge in [0.05, 0.1) is 24.2 Å². The predicted octanol–water partition coefficient (Wildman–Crippen LogP) is 0.988. The highest BCUT2D eigenvalue weighted by molar-refractivity contribution is 7.92. The molecular weight excluding hydrogens is 620 g/mol. The van der Waals surface area contributed by atoms with Crippen LogP contribution in [0.4, 0.5) is 10.5 Å². The minimum Gasteiger partial charge on any atom is -0.493 e. The van der Waals surface area contributed by atoms with E-state index in [0.29, 0.717) is 33.3 Å². The number of ether oxygens (including phenoxy) is 2. The molecule has 1 aliphatic carbocycles. The summed E-state index contributed by atoms with van der Waals surface area (Å²) in [5, 5.41) is 18.0. The fraction of sp³-hybridized carbons (Fsp3) is 0.379. The van der Waals surface area contributed by atoms with Crippen molar-refractivity contribution in [2.45, 2.75) is 65.0 Å². The minimum atomic E-state index is -3.50. The number of H-pyrrole nitrogens is 1. The van der Waals surface area contributed by atoms with Gasteiger partial charge in [-0.15, -0.1) is 0 Å². The van der Waals surface area contributed by atoms with E-state index in [4.69, 9.17) is 19.5 Å². The molecule has 4 aromatic rings. The Bertz CT molecular complexity index is 2110. The SMILES string of the molecule is CC(NC(=O)OC(C)(C)C)C(=O)OCn1c(O)c(C=c2cnn3c(=NC4CC4)cc(-c4cccc(NS(C)(=O)=O)c4)nc23)[nH]c1=O. The van der Waals surface area contributed by atoms with Crippen molar-refractivity contribution in [2.24, 2.45) is 4.99 Å². The number of carbonyl (C=O) groups is 2. The third kappa shape index (κ3) is 7.90. The number of esters is 1. The number of sulfonamides is 1. The highest BCUT2D eigenvalue weighted by atomic mass is 32.2. The Morgan fingerprint density at radius 2 is 2.00 bits per heavy atom. The molecule has 0 radical (unpaired) electrons. The maximum Gasteiger partial charge on any atom is 0.408 e. The molecule has 1 fully saturated rings. The third-order valence-electron chi connectivity index (χ3n) is 6.51. The number of aromatic nitrogens is 5. The lowest BCUT2D eigenvalue weighted by atomic mass is 10.1. The molecule has 1 atom stereocenters. The molecule has 0 aliphatic heterocycles. The number of aromatic hydroxyl groups is 1. The van der Waals surface area contributed by atoms with E-state index in [9.17, 15) is 27.9 Å². The molecule has 0 spiro atoms. The number of aromatic amines is 1. The first-order chi connectivity index (χ1) is 21.6. The monoisotopic (exact) mass is 654 g/mol. The van der Waals surface area contributed by atoms with Gasteiger partial charge >= 0.3 is 17.8 Å². The van der Waals surface area contributed by atoms with Crippen molar-refractivity contribution in [3.63, 3.8) is 0 Å². The third-order valence-corrected chi connectivity index (χ3v) is 7.12. The van der Waals surface area contributed by atoms with Crippen molar-refractivity contribution in [1.29, 1.82) is 0 Å². The van der Waals surface area contributed by atoms with Gasteiger partial charge in [-0.25, -0.2) is 32.4 Å². The summed E-state index contributed by atoms with van der Waals surface area (Å²) in [7, 11) is -3.50. The van der Waals surface area contributed by atoms with Crippen molar-refractivity contribution in [1.82, 2.24) is 29.5 Å². The van der Waals surface area contributed by atoms with Gasteiger partial charge in [0.25, 0.3) is 0 Å². The van der Waals surface area contributed by atoms with E-state index in [1.54, 1.807) is 55.6 Å². The molecule has 244 valence electrons. The van der Waals surface area contributed by atoms with Gasteiger partial charge in [0, 0.05) is 22.5 Å². The fourth-order valence-electron chi connectivity index (χ4n) is 4.30. The molecule has 1 saturated carbocycles. The quantitative estimate of drug-likeness (QED) is 0.188. The van der Waals surface area contributed by atoms with E-state index in [0.717, 1.165) is 23.7 Å². The van der Waals surface area contributed by atoms with Crippen LogP contribution in [-0.2, 0) is 31.0 Å². The number of amides is 1. The minimum absolute atomic E-state index is 0.00288. The van der Waals surface area contributed by atoms with E-state index in [1.807, 2.05) is 0 Å². The molecule has 4 N–H and O–H groups in total. The maximum atomic E-state index is 12.7. The first kappa shape index (κ1) is 32.2. The van der Waals surface area contributed by atoms with Crippen LogP contribution in [0.3, 0.4) is 0 Å². The largest absolute Gasteiger partial charge is 0.493 e. The Hall–Kier alpha value is -5.19. The molecule has 1 aliphatic rings. The zero-order chi connectivity index (χ0) is 33.4. The van der Waals surface area contributed by atoms with Gasteiger partial charge in [-0.1, -0.05) is 12.1 Å². The number of benzene rings is 1. The molecule has 3 aromatic heterocycles. The van der Waals surface area contributed by atoms with E-state index in [-0.39, 0.29) is 11.7 Å². The molecule has 5 rings (SSSR count). The van der Waals surface area contributed by atoms with Crippen LogP contribution in [0, 0.1) is 0 Å². The van der Waals surface area contributed by atoms with Crippen LogP contribution < -0.4 is 26.4 Å². The number of fused-ring (bicyclic) bond motifs is 1. The number of nitrogens with zero attached hydrogens (tertiary/aromatic N) is 5. The Labute approximate surface area is 262 Å². The molecule has 16 nitrogen and oxygen atoms in total. The lowest BCUT2D eigenvalue weighted by Gasteiger charge is -2.21. The highest BCUT2D eigenvalue weighted by Crippen LogP contribution is 2.24. The second-order valence-corrected chi connectivity index (χ2v) is 13.6. The first-order valence-electron chi connectivity index (χ1n) is 14.3. The maximum absolute atomic E-state index is 12.7. The van der Waals surface area contributed by atoms with Gasteiger partial charge in [0.2, 0.25) is 15.9 Å².